The van der Waals surface area contributed by atoms with Crippen LogP contribution in [0.2, 0.25) is 0 Å². The fourth-order valence-electron chi connectivity index (χ4n) is 3.77. The highest BCUT2D eigenvalue weighted by molar-refractivity contribution is 5.92. The van der Waals surface area contributed by atoms with E-state index in [1.807, 2.05) is 63.2 Å². The van der Waals surface area contributed by atoms with Gasteiger partial charge in [-0.25, -0.2) is 4.68 Å². The molecule has 0 fully saturated rings. The quantitative estimate of drug-likeness (QED) is 0.421. The average Bonchev–Trinajstić information content (AvgIpc) is 3.21. The Morgan fingerprint density at radius 1 is 1.09 bits per heavy atom. The van der Waals surface area contributed by atoms with E-state index >= 15 is 0 Å². The Balaban J connectivity index is 1.40. The molecule has 0 spiro atoms. The van der Waals surface area contributed by atoms with Gasteiger partial charge in [0.1, 0.15) is 18.1 Å². The molecule has 33 heavy (non-hydrogen) atoms. The van der Waals surface area contributed by atoms with Crippen molar-refractivity contribution in [1.29, 1.82) is 0 Å². The fourth-order valence-corrected chi connectivity index (χ4v) is 3.77. The maximum atomic E-state index is 12.8. The second-order valence-electron chi connectivity index (χ2n) is 7.83. The maximum absolute atomic E-state index is 12.8. The summed E-state index contributed by atoms with van der Waals surface area (Å²) in [5, 5.41) is 13.0. The molecule has 2 heterocycles. The van der Waals surface area contributed by atoms with Crippen LogP contribution in [0.4, 0.5) is 0 Å². The number of carbonyl (C=O) groups excluding carboxylic acids is 1. The Labute approximate surface area is 191 Å². The summed E-state index contributed by atoms with van der Waals surface area (Å²) in [7, 11) is 0. The molecule has 0 saturated carbocycles. The maximum Gasteiger partial charge on any atom is 0.274 e. The number of fused-ring (bicyclic) bond motifs is 1. The average molecular weight is 446 g/mol. The van der Waals surface area contributed by atoms with E-state index in [0.717, 1.165) is 22.2 Å². The van der Waals surface area contributed by atoms with Gasteiger partial charge < -0.3 is 10.1 Å². The summed E-state index contributed by atoms with van der Waals surface area (Å²) >= 11 is 0. The molecule has 0 aliphatic heterocycles. The van der Waals surface area contributed by atoms with Crippen LogP contribution < -0.4 is 15.6 Å². The number of amides is 1. The Morgan fingerprint density at radius 2 is 1.91 bits per heavy atom. The molecular formula is C25H27N5O3. The van der Waals surface area contributed by atoms with E-state index in [0.29, 0.717) is 43.1 Å². The zero-order valence-electron chi connectivity index (χ0n) is 19.0. The van der Waals surface area contributed by atoms with Gasteiger partial charge >= 0.3 is 0 Å². The number of nitrogens with zero attached hydrogens (tertiary/aromatic N) is 4. The van der Waals surface area contributed by atoms with Gasteiger partial charge in [-0.3, -0.25) is 14.3 Å². The molecule has 0 bridgehead atoms. The normalized spacial score (nSPS) is 11.0. The van der Waals surface area contributed by atoms with Crippen molar-refractivity contribution in [3.05, 3.63) is 87.6 Å². The zero-order chi connectivity index (χ0) is 23.4. The fraction of sp³-hybridized carbons (Fsp3) is 0.280. The van der Waals surface area contributed by atoms with Gasteiger partial charge in [-0.05, 0) is 50.1 Å². The Kier molecular flexibility index (Phi) is 6.53. The summed E-state index contributed by atoms with van der Waals surface area (Å²) in [6.45, 7) is 7.44. The van der Waals surface area contributed by atoms with Gasteiger partial charge in [0.15, 0.2) is 0 Å². The Morgan fingerprint density at radius 3 is 2.73 bits per heavy atom. The van der Waals surface area contributed by atoms with Gasteiger partial charge in [-0.2, -0.15) is 10.2 Å². The van der Waals surface area contributed by atoms with Crippen molar-refractivity contribution in [2.45, 2.75) is 33.9 Å². The minimum Gasteiger partial charge on any atom is -0.491 e. The first kappa shape index (κ1) is 22.3. The topological polar surface area (TPSA) is 91.0 Å². The second-order valence-corrected chi connectivity index (χ2v) is 7.83. The Bertz CT molecular complexity index is 1360. The van der Waals surface area contributed by atoms with E-state index in [-0.39, 0.29) is 11.5 Å². The van der Waals surface area contributed by atoms with Crippen molar-refractivity contribution in [2.75, 3.05) is 13.2 Å². The van der Waals surface area contributed by atoms with Crippen LogP contribution in [0.1, 0.15) is 34.2 Å². The largest absolute Gasteiger partial charge is 0.491 e. The second kappa shape index (κ2) is 9.68. The Hall–Kier alpha value is -3.94. The SMILES string of the molecule is CCn1nc(C)cc1C(=O)NCCOc1cccc(Cn2ncc3ccccc3c2=O)c1C. The molecule has 2 aromatic heterocycles. The number of nitrogens with one attached hydrogen (secondary N) is 1. The first-order chi connectivity index (χ1) is 16.0. The molecule has 2 aromatic carbocycles. The van der Waals surface area contributed by atoms with Crippen molar-refractivity contribution >= 4 is 16.7 Å². The molecule has 0 saturated heterocycles. The number of aryl methyl sites for hydroxylation is 2. The van der Waals surface area contributed by atoms with Gasteiger partial charge in [-0.15, -0.1) is 0 Å². The number of carbonyl (C=O) groups is 1. The predicted molar refractivity (Wildman–Crippen MR) is 127 cm³/mol. The van der Waals surface area contributed by atoms with Crippen LogP contribution in [0.15, 0.2) is 59.5 Å². The van der Waals surface area contributed by atoms with Crippen molar-refractivity contribution in [1.82, 2.24) is 24.9 Å². The number of benzene rings is 2. The van der Waals surface area contributed by atoms with Crippen LogP contribution in [-0.2, 0) is 13.1 Å². The van der Waals surface area contributed by atoms with E-state index in [1.165, 1.54) is 4.68 Å². The molecule has 0 aliphatic carbocycles. The minimum absolute atomic E-state index is 0.122. The molecule has 0 aliphatic rings. The zero-order valence-corrected chi connectivity index (χ0v) is 19.0. The molecule has 1 N–H and O–H groups in total. The van der Waals surface area contributed by atoms with Crippen molar-refractivity contribution in [2.24, 2.45) is 0 Å². The highest BCUT2D eigenvalue weighted by Crippen LogP contribution is 2.22. The molecule has 8 nitrogen and oxygen atoms in total. The van der Waals surface area contributed by atoms with Crippen LogP contribution in [-0.4, -0.2) is 38.6 Å². The highest BCUT2D eigenvalue weighted by Gasteiger charge is 2.13. The van der Waals surface area contributed by atoms with Crippen molar-refractivity contribution < 1.29 is 9.53 Å². The van der Waals surface area contributed by atoms with Crippen LogP contribution in [0, 0.1) is 13.8 Å². The monoisotopic (exact) mass is 445 g/mol. The number of hydrogen-bond acceptors (Lipinski definition) is 5. The van der Waals surface area contributed by atoms with Crippen molar-refractivity contribution in [3.8, 4) is 5.75 Å². The van der Waals surface area contributed by atoms with E-state index in [2.05, 4.69) is 15.5 Å². The van der Waals surface area contributed by atoms with E-state index in [9.17, 15) is 9.59 Å². The van der Waals surface area contributed by atoms with Gasteiger partial charge in [0.2, 0.25) is 0 Å². The lowest BCUT2D eigenvalue weighted by Crippen LogP contribution is -2.30. The van der Waals surface area contributed by atoms with Gasteiger partial charge in [0.25, 0.3) is 11.5 Å². The first-order valence-electron chi connectivity index (χ1n) is 11.0. The lowest BCUT2D eigenvalue weighted by Gasteiger charge is -2.14. The molecule has 0 radical (unpaired) electrons. The molecule has 0 atom stereocenters. The van der Waals surface area contributed by atoms with Gasteiger partial charge in [-0.1, -0.05) is 30.3 Å². The summed E-state index contributed by atoms with van der Waals surface area (Å²) < 4.78 is 9.07. The molecule has 8 heteroatoms. The van der Waals surface area contributed by atoms with E-state index in [1.54, 1.807) is 16.9 Å². The third-order valence-electron chi connectivity index (χ3n) is 5.56. The lowest BCUT2D eigenvalue weighted by molar-refractivity contribution is 0.0936. The van der Waals surface area contributed by atoms with Gasteiger partial charge in [0, 0.05) is 11.9 Å². The minimum atomic E-state index is -0.173. The molecule has 170 valence electrons. The highest BCUT2D eigenvalue weighted by atomic mass is 16.5. The van der Waals surface area contributed by atoms with Crippen LogP contribution in [0.5, 0.6) is 5.75 Å². The van der Waals surface area contributed by atoms with Crippen molar-refractivity contribution in [3.63, 3.8) is 0 Å². The first-order valence-corrected chi connectivity index (χ1v) is 11.0. The number of aromatic nitrogens is 4. The molecular weight excluding hydrogens is 418 g/mol. The summed E-state index contributed by atoms with van der Waals surface area (Å²) in [5.74, 6) is 0.540. The molecule has 1 amide bonds. The van der Waals surface area contributed by atoms with E-state index < -0.39 is 0 Å². The molecule has 4 aromatic rings. The third-order valence-corrected chi connectivity index (χ3v) is 5.56. The number of hydrogen-bond donors (Lipinski definition) is 1. The molecule has 4 rings (SSSR count). The summed E-state index contributed by atoms with van der Waals surface area (Å²) in [6.07, 6.45) is 1.71. The number of ether oxygens (including phenoxy) is 1. The third kappa shape index (κ3) is 4.79. The van der Waals surface area contributed by atoms with Crippen LogP contribution in [0.3, 0.4) is 0 Å². The summed E-state index contributed by atoms with van der Waals surface area (Å²) in [4.78, 5) is 25.2. The van der Waals surface area contributed by atoms with Crippen LogP contribution in [0.25, 0.3) is 10.8 Å². The summed E-state index contributed by atoms with van der Waals surface area (Å²) in [5.41, 5.74) is 3.12. The summed E-state index contributed by atoms with van der Waals surface area (Å²) in [6, 6.07) is 14.9. The van der Waals surface area contributed by atoms with E-state index in [4.69, 9.17) is 4.74 Å². The van der Waals surface area contributed by atoms with Gasteiger partial charge in [0.05, 0.1) is 30.4 Å². The number of rotatable bonds is 8. The molecule has 0 unspecified atom stereocenters. The predicted octanol–water partition coefficient (Wildman–Crippen LogP) is 3.09. The standard InChI is InChI=1S/C25H27N5O3/c1-4-29-22(14-17(2)28-29)24(31)26-12-13-33-23-11-7-9-20(18(23)3)16-30-25(32)21-10-6-5-8-19(21)15-27-30/h5-11,14-15H,4,12-13,16H2,1-3H3,(H,26,31). The van der Waals surface area contributed by atoms with Crippen LogP contribution >= 0.6 is 0 Å². The lowest BCUT2D eigenvalue weighted by atomic mass is 10.1. The smallest absolute Gasteiger partial charge is 0.274 e.